The molecule has 2 rings (SSSR count). The van der Waals surface area contributed by atoms with Gasteiger partial charge in [-0.3, -0.25) is 0 Å². The number of furan rings is 1. The molecule has 1 unspecified atom stereocenters. The molecule has 0 radical (unpaired) electrons. The zero-order chi connectivity index (χ0) is 14.9. The van der Waals surface area contributed by atoms with Crippen molar-refractivity contribution in [2.45, 2.75) is 45.6 Å². The molecule has 2 aromatic rings. The fraction of sp³-hybridized carbons (Fsp3) is 0.412. The molecule has 1 heterocycles. The van der Waals surface area contributed by atoms with E-state index in [1.807, 2.05) is 6.07 Å². The number of hydrogen-bond donors (Lipinski definition) is 1. The molecule has 0 saturated carbocycles. The largest absolute Gasteiger partial charge is 0.457 e. The minimum Gasteiger partial charge on any atom is -0.457 e. The van der Waals surface area contributed by atoms with Crippen molar-refractivity contribution >= 4 is 15.9 Å². The summed E-state index contributed by atoms with van der Waals surface area (Å²) in [5.74, 6) is 0.971. The highest BCUT2D eigenvalue weighted by Gasteiger charge is 2.19. The van der Waals surface area contributed by atoms with E-state index < -0.39 is 0 Å². The first-order valence-electron chi connectivity index (χ1n) is 7.04. The van der Waals surface area contributed by atoms with Gasteiger partial charge in [-0.05, 0) is 50.5 Å². The highest BCUT2D eigenvalue weighted by atomic mass is 79.9. The van der Waals surface area contributed by atoms with Gasteiger partial charge in [-0.1, -0.05) is 45.9 Å². The first-order valence-corrected chi connectivity index (χ1v) is 7.83. The van der Waals surface area contributed by atoms with Crippen LogP contribution in [0.3, 0.4) is 0 Å². The molecule has 3 heteroatoms. The van der Waals surface area contributed by atoms with Gasteiger partial charge in [0.25, 0.3) is 0 Å². The normalized spacial score (nSPS) is 13.2. The summed E-state index contributed by atoms with van der Waals surface area (Å²) in [6, 6.07) is 8.39. The van der Waals surface area contributed by atoms with Crippen molar-refractivity contribution < 1.29 is 4.42 Å². The lowest BCUT2D eigenvalue weighted by Gasteiger charge is -2.20. The van der Waals surface area contributed by atoms with Gasteiger partial charge >= 0.3 is 0 Å². The zero-order valence-electron chi connectivity index (χ0n) is 12.5. The topological polar surface area (TPSA) is 39.2 Å². The second kappa shape index (κ2) is 6.15. The van der Waals surface area contributed by atoms with Crippen molar-refractivity contribution in [3.05, 3.63) is 57.5 Å². The molecule has 108 valence electrons. The molecule has 2 nitrogen and oxygen atoms in total. The summed E-state index contributed by atoms with van der Waals surface area (Å²) in [6.07, 6.45) is 1.66. The minimum atomic E-state index is -0.165. The Bertz CT molecular complexity index is 586. The summed E-state index contributed by atoms with van der Waals surface area (Å²) < 4.78 is 6.02. The number of hydrogen-bond acceptors (Lipinski definition) is 2. The van der Waals surface area contributed by atoms with Gasteiger partial charge < -0.3 is 10.2 Å². The number of nitrogens with two attached hydrogens (primary N) is 1. The molecule has 1 aromatic carbocycles. The van der Waals surface area contributed by atoms with Crippen LogP contribution < -0.4 is 5.73 Å². The maximum Gasteiger partial charge on any atom is 0.174 e. The summed E-state index contributed by atoms with van der Waals surface area (Å²) in [4.78, 5) is 0. The first kappa shape index (κ1) is 15.3. The van der Waals surface area contributed by atoms with Crippen LogP contribution in [0.15, 0.2) is 39.6 Å². The SMILES string of the molecule is CC(C)c1ccc(C(N)c2ccoc2Br)c(C(C)C)c1. The van der Waals surface area contributed by atoms with Crippen LogP contribution in [0.5, 0.6) is 0 Å². The van der Waals surface area contributed by atoms with Gasteiger partial charge in [-0.2, -0.15) is 0 Å². The van der Waals surface area contributed by atoms with E-state index in [0.29, 0.717) is 16.5 Å². The van der Waals surface area contributed by atoms with Crippen molar-refractivity contribution in [2.24, 2.45) is 5.73 Å². The van der Waals surface area contributed by atoms with Crippen molar-refractivity contribution in [3.63, 3.8) is 0 Å². The van der Waals surface area contributed by atoms with Crippen LogP contribution in [-0.4, -0.2) is 0 Å². The van der Waals surface area contributed by atoms with Crippen LogP contribution in [-0.2, 0) is 0 Å². The molecule has 0 fully saturated rings. The predicted octanol–water partition coefficient (Wildman–Crippen LogP) is 5.34. The van der Waals surface area contributed by atoms with Crippen LogP contribution in [0.1, 0.15) is 67.8 Å². The standard InChI is InChI=1S/C17H22BrNO/c1-10(2)12-5-6-13(15(9-12)11(3)4)16(19)14-7-8-20-17(14)18/h5-11,16H,19H2,1-4H3. The van der Waals surface area contributed by atoms with Crippen LogP contribution in [0, 0.1) is 0 Å². The molecule has 0 saturated heterocycles. The van der Waals surface area contributed by atoms with E-state index in [2.05, 4.69) is 61.8 Å². The van der Waals surface area contributed by atoms with E-state index >= 15 is 0 Å². The third-order valence-corrected chi connectivity index (χ3v) is 4.36. The molecule has 2 N–H and O–H groups in total. The average molecular weight is 336 g/mol. The van der Waals surface area contributed by atoms with E-state index in [4.69, 9.17) is 10.2 Å². The summed E-state index contributed by atoms with van der Waals surface area (Å²) in [7, 11) is 0. The van der Waals surface area contributed by atoms with E-state index in [1.165, 1.54) is 16.7 Å². The van der Waals surface area contributed by atoms with Gasteiger partial charge in [-0.15, -0.1) is 0 Å². The molecule has 0 aliphatic heterocycles. The van der Waals surface area contributed by atoms with Gasteiger partial charge in [0.15, 0.2) is 4.67 Å². The van der Waals surface area contributed by atoms with Gasteiger partial charge in [-0.25, -0.2) is 0 Å². The first-order chi connectivity index (χ1) is 9.41. The third kappa shape index (κ3) is 2.99. The molecule has 0 bridgehead atoms. The Morgan fingerprint density at radius 3 is 2.15 bits per heavy atom. The van der Waals surface area contributed by atoms with Crippen LogP contribution in [0.25, 0.3) is 0 Å². The predicted molar refractivity (Wildman–Crippen MR) is 87.1 cm³/mol. The zero-order valence-corrected chi connectivity index (χ0v) is 14.1. The molecule has 1 aromatic heterocycles. The van der Waals surface area contributed by atoms with E-state index in [-0.39, 0.29) is 6.04 Å². The Morgan fingerprint density at radius 1 is 0.950 bits per heavy atom. The molecular formula is C17H22BrNO. The van der Waals surface area contributed by atoms with Crippen LogP contribution in [0.4, 0.5) is 0 Å². The van der Waals surface area contributed by atoms with Gasteiger partial charge in [0.2, 0.25) is 0 Å². The lowest BCUT2D eigenvalue weighted by Crippen LogP contribution is -2.15. The average Bonchev–Trinajstić information content (AvgIpc) is 2.83. The quantitative estimate of drug-likeness (QED) is 0.819. The van der Waals surface area contributed by atoms with Crippen molar-refractivity contribution in [3.8, 4) is 0 Å². The fourth-order valence-electron chi connectivity index (χ4n) is 2.43. The number of benzene rings is 1. The van der Waals surface area contributed by atoms with Crippen molar-refractivity contribution in [1.29, 1.82) is 0 Å². The smallest absolute Gasteiger partial charge is 0.174 e. The second-order valence-electron chi connectivity index (χ2n) is 5.83. The number of rotatable bonds is 4. The molecule has 0 aliphatic carbocycles. The van der Waals surface area contributed by atoms with Gasteiger partial charge in [0.05, 0.1) is 12.3 Å². The van der Waals surface area contributed by atoms with Crippen LogP contribution in [0.2, 0.25) is 0 Å². The van der Waals surface area contributed by atoms with Gasteiger partial charge in [0, 0.05) is 5.56 Å². The van der Waals surface area contributed by atoms with E-state index in [1.54, 1.807) is 6.26 Å². The number of halogens is 1. The Balaban J connectivity index is 2.48. The maximum absolute atomic E-state index is 6.44. The Hall–Kier alpha value is -1.06. The highest BCUT2D eigenvalue weighted by Crippen LogP contribution is 2.33. The van der Waals surface area contributed by atoms with Crippen LogP contribution >= 0.6 is 15.9 Å². The Morgan fingerprint density at radius 2 is 1.65 bits per heavy atom. The van der Waals surface area contributed by atoms with Crippen molar-refractivity contribution in [2.75, 3.05) is 0 Å². The summed E-state index contributed by atoms with van der Waals surface area (Å²) in [5.41, 5.74) is 11.3. The van der Waals surface area contributed by atoms with Crippen molar-refractivity contribution in [1.82, 2.24) is 0 Å². The molecule has 20 heavy (non-hydrogen) atoms. The molecular weight excluding hydrogens is 314 g/mol. The lowest BCUT2D eigenvalue weighted by atomic mass is 9.87. The summed E-state index contributed by atoms with van der Waals surface area (Å²) >= 11 is 3.42. The Kier molecular flexibility index (Phi) is 4.71. The van der Waals surface area contributed by atoms with E-state index in [9.17, 15) is 0 Å². The molecule has 0 aliphatic rings. The lowest BCUT2D eigenvalue weighted by molar-refractivity contribution is 0.534. The molecule has 0 spiro atoms. The van der Waals surface area contributed by atoms with Gasteiger partial charge in [0.1, 0.15) is 0 Å². The minimum absolute atomic E-state index is 0.165. The third-order valence-electron chi connectivity index (χ3n) is 3.72. The summed E-state index contributed by atoms with van der Waals surface area (Å²) in [6.45, 7) is 8.84. The van der Waals surface area contributed by atoms with E-state index in [0.717, 1.165) is 5.56 Å². The highest BCUT2D eigenvalue weighted by molar-refractivity contribution is 9.10. The second-order valence-corrected chi connectivity index (χ2v) is 6.55. The Labute approximate surface area is 129 Å². The summed E-state index contributed by atoms with van der Waals surface area (Å²) in [5, 5.41) is 0. The maximum atomic E-state index is 6.44. The molecule has 0 amide bonds. The molecule has 1 atom stereocenters. The fourth-order valence-corrected chi connectivity index (χ4v) is 2.92. The monoisotopic (exact) mass is 335 g/mol.